The number of hydrogen-bond donors (Lipinski definition) is 1. The molecule has 0 saturated carbocycles. The van der Waals surface area contributed by atoms with Crippen molar-refractivity contribution in [3.8, 4) is 11.1 Å². The molecule has 0 fully saturated rings. The summed E-state index contributed by atoms with van der Waals surface area (Å²) in [7, 11) is 15.6. The predicted octanol–water partition coefficient (Wildman–Crippen LogP) is 7.12. The van der Waals surface area contributed by atoms with E-state index in [9.17, 15) is 0 Å². The number of benzene rings is 2. The van der Waals surface area contributed by atoms with Crippen LogP contribution in [0.4, 0.5) is 0 Å². The van der Waals surface area contributed by atoms with Crippen LogP contribution in [0.1, 0.15) is 36.1 Å². The first-order valence-electron chi connectivity index (χ1n) is 10.4. The van der Waals surface area contributed by atoms with Crippen LogP contribution < -0.4 is 3.80 Å². The molecular weight excluding hydrogens is 485 g/mol. The minimum absolute atomic E-state index is 0.162. The molecular formula is C22H34Cl2NO2Si2Ti. The Morgan fingerprint density at radius 1 is 0.867 bits per heavy atom. The van der Waals surface area contributed by atoms with Gasteiger partial charge in [-0.15, -0.1) is 0 Å². The molecule has 1 unspecified atom stereocenters. The third-order valence-electron chi connectivity index (χ3n) is 5.67. The molecule has 0 heterocycles. The summed E-state index contributed by atoms with van der Waals surface area (Å²) >= 11 is -4.84. The molecule has 30 heavy (non-hydrogen) atoms. The normalized spacial score (nSPS) is 18.3. The Balaban J connectivity index is 2.37. The fraction of sp³-hybridized carbons (Fsp3) is 0.455. The molecule has 1 aliphatic rings. The molecule has 0 aromatic heterocycles. The van der Waals surface area contributed by atoms with Crippen molar-refractivity contribution in [2.24, 2.45) is 0 Å². The summed E-state index contributed by atoms with van der Waals surface area (Å²) in [5, 5.41) is 0. The van der Waals surface area contributed by atoms with Gasteiger partial charge in [-0.05, 0) is 0 Å². The van der Waals surface area contributed by atoms with Crippen molar-refractivity contribution in [2.75, 3.05) is 7.11 Å². The molecule has 3 rings (SSSR count). The number of halogens is 2. The summed E-state index contributed by atoms with van der Waals surface area (Å²) in [5.41, 5.74) is 4.44. The van der Waals surface area contributed by atoms with Crippen LogP contribution in [0, 0.1) is 0 Å². The van der Waals surface area contributed by atoms with Crippen molar-refractivity contribution in [1.29, 1.82) is 0 Å². The molecule has 0 aliphatic heterocycles. The van der Waals surface area contributed by atoms with E-state index in [4.69, 9.17) is 27.2 Å². The van der Waals surface area contributed by atoms with Crippen molar-refractivity contribution in [1.82, 2.24) is 3.80 Å². The Bertz CT molecular complexity index is 913. The van der Waals surface area contributed by atoms with Crippen LogP contribution in [0.25, 0.3) is 11.1 Å². The molecule has 0 amide bonds. The summed E-state index contributed by atoms with van der Waals surface area (Å²) in [4.78, 5) is 0. The molecule has 0 spiro atoms. The van der Waals surface area contributed by atoms with Gasteiger partial charge in [0.05, 0.1) is 0 Å². The van der Waals surface area contributed by atoms with E-state index in [0.717, 1.165) is 0 Å². The first-order chi connectivity index (χ1) is 13.6. The van der Waals surface area contributed by atoms with Crippen molar-refractivity contribution in [3.05, 3.63) is 59.7 Å². The molecule has 2 aromatic carbocycles. The van der Waals surface area contributed by atoms with Crippen molar-refractivity contribution >= 4 is 33.4 Å². The summed E-state index contributed by atoms with van der Waals surface area (Å²) < 4.78 is 16.8. The summed E-state index contributed by atoms with van der Waals surface area (Å²) in [6.07, 6.45) is -3.08. The average molecular weight is 519 g/mol. The van der Waals surface area contributed by atoms with E-state index in [2.05, 4.69) is 99.3 Å². The van der Waals surface area contributed by atoms with E-state index in [-0.39, 0.29) is 9.76 Å². The minimum atomic E-state index is -4.84. The molecule has 1 N–H and O–H groups in total. The predicted molar refractivity (Wildman–Crippen MR) is 131 cm³/mol. The van der Waals surface area contributed by atoms with E-state index in [0.29, 0.717) is 0 Å². The first kappa shape index (κ1) is 24.7. The van der Waals surface area contributed by atoms with Gasteiger partial charge >= 0.3 is 193 Å². The molecule has 165 valence electrons. The van der Waals surface area contributed by atoms with E-state index in [1.54, 1.807) is 7.11 Å². The molecule has 0 bridgehead atoms. The maximum atomic E-state index is 7.93. The zero-order chi connectivity index (χ0) is 22.6. The molecule has 2 aromatic rings. The van der Waals surface area contributed by atoms with E-state index >= 15 is 0 Å². The second-order valence-electron chi connectivity index (χ2n) is 10.4. The Hall–Kier alpha value is 0.0481. The Morgan fingerprint density at radius 2 is 1.30 bits per heavy atom. The van der Waals surface area contributed by atoms with Crippen molar-refractivity contribution in [3.63, 3.8) is 0 Å². The Labute approximate surface area is 192 Å². The van der Waals surface area contributed by atoms with E-state index in [1.165, 1.54) is 22.3 Å². The standard InChI is InChI=1S/C13H9.C5H15O2Si2.C4H10N.2ClH.Ti/c1-3-7-12-10(5-1)9-11-6-2-4-8-13(11)12;1-6-8(2)7-9(3,4)5;1-4(2,3)5;;;/h1-9H;1-5H3;5H,1-3H3;2*1H;/q;;-1;;;+3/p-2. The van der Waals surface area contributed by atoms with Gasteiger partial charge in [-0.25, -0.2) is 0 Å². The molecule has 0 saturated heterocycles. The van der Waals surface area contributed by atoms with E-state index in [1.807, 2.05) is 0 Å². The Kier molecular flexibility index (Phi) is 6.44. The van der Waals surface area contributed by atoms with Crippen molar-refractivity contribution < 1.29 is 21.2 Å². The van der Waals surface area contributed by atoms with Gasteiger partial charge < -0.3 is 0 Å². The fourth-order valence-electron chi connectivity index (χ4n) is 4.74. The number of nitrogens with one attached hydrogen (secondary N) is 1. The fourth-order valence-corrected chi connectivity index (χ4v) is 40.6. The van der Waals surface area contributed by atoms with Gasteiger partial charge in [-0.3, -0.25) is 0 Å². The molecule has 1 atom stereocenters. The number of fused-ring (bicyclic) bond motifs is 3. The van der Waals surface area contributed by atoms with Crippen LogP contribution in [-0.4, -0.2) is 27.4 Å². The molecule has 8 heteroatoms. The van der Waals surface area contributed by atoms with Gasteiger partial charge in [0, 0.05) is 0 Å². The van der Waals surface area contributed by atoms with Gasteiger partial charge in [0.1, 0.15) is 0 Å². The number of hydrogen-bond acceptors (Lipinski definition) is 3. The van der Waals surface area contributed by atoms with Gasteiger partial charge in [0.2, 0.25) is 0 Å². The topological polar surface area (TPSA) is 30.5 Å². The van der Waals surface area contributed by atoms with Crippen LogP contribution in [0.15, 0.2) is 48.5 Å². The summed E-state index contributed by atoms with van der Waals surface area (Å²) in [6, 6.07) is 16.9. The van der Waals surface area contributed by atoms with Crippen LogP contribution in [0.3, 0.4) is 0 Å². The zero-order valence-corrected chi connectivity index (χ0v) is 24.3. The first-order valence-corrected chi connectivity index (χ1v) is 24.5. The average Bonchev–Trinajstić information content (AvgIpc) is 2.94. The summed E-state index contributed by atoms with van der Waals surface area (Å²) in [5.74, 6) is 0. The Morgan fingerprint density at radius 3 is 1.67 bits per heavy atom. The van der Waals surface area contributed by atoms with Crippen LogP contribution in [0.2, 0.25) is 26.2 Å². The second-order valence-corrected chi connectivity index (χ2v) is 40.9. The SMILES string of the molecule is CO[Si](C)(O[Si](C)(C)C)[Ti]([Cl])([Cl])([NH]C(C)(C)C)[CH]1c2ccccc2-c2ccccc21. The monoisotopic (exact) mass is 518 g/mol. The number of rotatable bonds is 6. The zero-order valence-electron chi connectivity index (χ0n) is 19.3. The molecule has 0 radical (unpaired) electrons. The van der Waals surface area contributed by atoms with Crippen molar-refractivity contribution in [2.45, 2.75) is 56.7 Å². The molecule has 3 nitrogen and oxygen atoms in total. The quantitative estimate of drug-likeness (QED) is 0.412. The van der Waals surface area contributed by atoms with Gasteiger partial charge in [-0.2, -0.15) is 0 Å². The molecule has 1 aliphatic carbocycles. The summed E-state index contributed by atoms with van der Waals surface area (Å²) in [6.45, 7) is 14.9. The van der Waals surface area contributed by atoms with Gasteiger partial charge in [-0.1, -0.05) is 0 Å². The second kappa shape index (κ2) is 7.82. The van der Waals surface area contributed by atoms with Crippen LogP contribution in [-0.2, 0) is 21.2 Å². The third kappa shape index (κ3) is 4.18. The van der Waals surface area contributed by atoms with Gasteiger partial charge in [0.25, 0.3) is 0 Å². The van der Waals surface area contributed by atoms with Crippen LogP contribution in [0.5, 0.6) is 0 Å². The van der Waals surface area contributed by atoms with Crippen LogP contribution >= 0.6 is 18.6 Å². The van der Waals surface area contributed by atoms with E-state index < -0.39 is 27.4 Å². The van der Waals surface area contributed by atoms with Gasteiger partial charge in [0.15, 0.2) is 0 Å². The maximum absolute atomic E-state index is 7.93. The third-order valence-corrected chi connectivity index (χ3v) is 39.5.